The van der Waals surface area contributed by atoms with Gasteiger partial charge >= 0.3 is 0 Å². The fourth-order valence-electron chi connectivity index (χ4n) is 2.72. The molecule has 0 radical (unpaired) electrons. The highest BCUT2D eigenvalue weighted by Gasteiger charge is 2.29. The summed E-state index contributed by atoms with van der Waals surface area (Å²) in [5, 5.41) is 0.920. The number of Topliss-reactive ketones (excluding diaryl/α,β-unsaturated/α-hetero) is 1. The number of hydrogen-bond donors (Lipinski definition) is 0. The minimum Gasteiger partial charge on any atom is -0.493 e. The number of fused-ring (bicyclic) bond motifs is 1. The molecule has 4 heteroatoms. The Morgan fingerprint density at radius 2 is 1.71 bits per heavy atom. The summed E-state index contributed by atoms with van der Waals surface area (Å²) in [6, 6.07) is 14.5. The predicted molar refractivity (Wildman–Crippen MR) is 98.0 cm³/mol. The van der Waals surface area contributed by atoms with Gasteiger partial charge in [-0.25, -0.2) is 0 Å². The van der Waals surface area contributed by atoms with Crippen LogP contribution in [0.5, 0.6) is 5.75 Å². The first-order valence-corrected chi connectivity index (χ1v) is 9.02. The first kappa shape index (κ1) is 16.7. The van der Waals surface area contributed by atoms with Crippen molar-refractivity contribution in [2.24, 2.45) is 0 Å². The second-order valence-electron chi connectivity index (χ2n) is 5.54. The SMILES string of the molecule is O=C1C(c2ccccc2)=CC(=O)c2c(OCCCCBr)cccc21. The maximum Gasteiger partial charge on any atom is 0.194 e. The van der Waals surface area contributed by atoms with Gasteiger partial charge in [-0.05, 0) is 30.5 Å². The molecule has 0 heterocycles. The normalized spacial score (nSPS) is 13.5. The summed E-state index contributed by atoms with van der Waals surface area (Å²) >= 11 is 3.38. The van der Waals surface area contributed by atoms with E-state index >= 15 is 0 Å². The number of ketones is 2. The van der Waals surface area contributed by atoms with Crippen molar-refractivity contribution < 1.29 is 14.3 Å². The molecule has 0 amide bonds. The zero-order valence-electron chi connectivity index (χ0n) is 13.1. The van der Waals surface area contributed by atoms with Crippen LogP contribution in [0, 0.1) is 0 Å². The van der Waals surface area contributed by atoms with Crippen LogP contribution < -0.4 is 4.74 Å². The summed E-state index contributed by atoms with van der Waals surface area (Å²) in [4.78, 5) is 25.4. The van der Waals surface area contributed by atoms with Gasteiger partial charge in [0.25, 0.3) is 0 Å². The molecule has 0 bridgehead atoms. The van der Waals surface area contributed by atoms with Gasteiger partial charge in [0.05, 0.1) is 12.2 Å². The number of carbonyl (C=O) groups excluding carboxylic acids is 2. The molecule has 0 aromatic heterocycles. The Labute approximate surface area is 149 Å². The standard InChI is InChI=1S/C20H17BrO3/c21-11-4-5-12-24-18-10-6-9-15-19(18)17(22)13-16(20(15)23)14-7-2-1-3-8-14/h1-3,6-10,13H,4-5,11-12H2. The van der Waals surface area contributed by atoms with E-state index in [4.69, 9.17) is 4.74 Å². The van der Waals surface area contributed by atoms with Gasteiger partial charge in [-0.15, -0.1) is 0 Å². The van der Waals surface area contributed by atoms with Gasteiger partial charge in [0, 0.05) is 16.5 Å². The van der Waals surface area contributed by atoms with Crippen molar-refractivity contribution >= 4 is 33.1 Å². The molecule has 0 saturated heterocycles. The summed E-state index contributed by atoms with van der Waals surface area (Å²) in [5.41, 5.74) is 1.98. The van der Waals surface area contributed by atoms with Crippen molar-refractivity contribution in [2.45, 2.75) is 12.8 Å². The van der Waals surface area contributed by atoms with Crippen LogP contribution in [0.1, 0.15) is 39.1 Å². The summed E-state index contributed by atoms with van der Waals surface area (Å²) in [6.45, 7) is 0.527. The molecule has 24 heavy (non-hydrogen) atoms. The van der Waals surface area contributed by atoms with Gasteiger partial charge in [0.15, 0.2) is 11.6 Å². The predicted octanol–water partition coefficient (Wildman–Crippen LogP) is 4.70. The monoisotopic (exact) mass is 384 g/mol. The number of hydrogen-bond acceptors (Lipinski definition) is 3. The number of benzene rings is 2. The third kappa shape index (κ3) is 3.34. The lowest BCUT2D eigenvalue weighted by Gasteiger charge is -2.18. The molecule has 1 aliphatic carbocycles. The zero-order valence-corrected chi connectivity index (χ0v) is 14.7. The molecule has 122 valence electrons. The van der Waals surface area contributed by atoms with E-state index in [0.29, 0.717) is 29.1 Å². The van der Waals surface area contributed by atoms with Gasteiger partial charge in [-0.1, -0.05) is 58.4 Å². The maximum atomic E-state index is 12.8. The summed E-state index contributed by atoms with van der Waals surface area (Å²) < 4.78 is 5.74. The molecule has 0 N–H and O–H groups in total. The topological polar surface area (TPSA) is 43.4 Å². The largest absolute Gasteiger partial charge is 0.493 e. The van der Waals surface area contributed by atoms with E-state index < -0.39 is 0 Å². The minimum atomic E-state index is -0.181. The van der Waals surface area contributed by atoms with Crippen molar-refractivity contribution in [3.8, 4) is 5.75 Å². The number of halogens is 1. The summed E-state index contributed by atoms with van der Waals surface area (Å²) in [7, 11) is 0. The average Bonchev–Trinajstić information content (AvgIpc) is 2.62. The van der Waals surface area contributed by atoms with Crippen molar-refractivity contribution in [3.63, 3.8) is 0 Å². The minimum absolute atomic E-state index is 0.137. The Hall–Kier alpha value is -2.20. The molecular formula is C20H17BrO3. The average molecular weight is 385 g/mol. The van der Waals surface area contributed by atoms with E-state index in [1.165, 1.54) is 6.08 Å². The highest BCUT2D eigenvalue weighted by Crippen LogP contribution is 2.33. The Morgan fingerprint density at radius 3 is 2.46 bits per heavy atom. The molecule has 3 nitrogen and oxygen atoms in total. The van der Waals surface area contributed by atoms with Crippen molar-refractivity contribution in [2.75, 3.05) is 11.9 Å². The number of carbonyl (C=O) groups is 2. The van der Waals surface area contributed by atoms with E-state index in [0.717, 1.165) is 23.7 Å². The molecule has 2 aromatic carbocycles. The lowest BCUT2D eigenvalue weighted by atomic mass is 9.86. The third-order valence-corrected chi connectivity index (χ3v) is 4.47. The van der Waals surface area contributed by atoms with E-state index in [1.54, 1.807) is 18.2 Å². The summed E-state index contributed by atoms with van der Waals surface area (Å²) in [5.74, 6) is 0.171. The molecule has 0 atom stereocenters. The van der Waals surface area contributed by atoms with Crippen LogP contribution in [0.3, 0.4) is 0 Å². The number of ether oxygens (including phenoxy) is 1. The number of rotatable bonds is 6. The summed E-state index contributed by atoms with van der Waals surface area (Å²) in [6.07, 6.45) is 3.31. The first-order valence-electron chi connectivity index (χ1n) is 7.90. The molecule has 1 aliphatic rings. The maximum absolute atomic E-state index is 12.8. The van der Waals surface area contributed by atoms with Gasteiger partial charge < -0.3 is 4.74 Å². The van der Waals surface area contributed by atoms with Crippen LogP contribution >= 0.6 is 15.9 Å². The molecule has 0 spiro atoms. The third-order valence-electron chi connectivity index (χ3n) is 3.91. The molecule has 2 aromatic rings. The fourth-order valence-corrected chi connectivity index (χ4v) is 3.12. The van der Waals surface area contributed by atoms with Crippen molar-refractivity contribution in [1.82, 2.24) is 0 Å². The molecule has 0 saturated carbocycles. The van der Waals surface area contributed by atoms with Crippen LogP contribution in [-0.4, -0.2) is 23.5 Å². The molecule has 0 fully saturated rings. The number of allylic oxidation sites excluding steroid dienone is 2. The van der Waals surface area contributed by atoms with E-state index in [2.05, 4.69) is 15.9 Å². The Kier molecular flexibility index (Phi) is 5.26. The van der Waals surface area contributed by atoms with Crippen LogP contribution in [-0.2, 0) is 0 Å². The number of unbranched alkanes of at least 4 members (excludes halogenated alkanes) is 1. The van der Waals surface area contributed by atoms with Crippen LogP contribution in [0.2, 0.25) is 0 Å². The van der Waals surface area contributed by atoms with Crippen LogP contribution in [0.4, 0.5) is 0 Å². The van der Waals surface area contributed by atoms with E-state index in [-0.39, 0.29) is 11.6 Å². The number of alkyl halides is 1. The Balaban J connectivity index is 1.92. The highest BCUT2D eigenvalue weighted by atomic mass is 79.9. The first-order chi connectivity index (χ1) is 11.7. The van der Waals surface area contributed by atoms with E-state index in [9.17, 15) is 9.59 Å². The Bertz CT molecular complexity index is 794. The lowest BCUT2D eigenvalue weighted by molar-refractivity contribution is 0.0998. The molecule has 0 unspecified atom stereocenters. The van der Waals surface area contributed by atoms with Gasteiger partial charge in [-0.2, -0.15) is 0 Å². The smallest absolute Gasteiger partial charge is 0.194 e. The van der Waals surface area contributed by atoms with Crippen molar-refractivity contribution in [1.29, 1.82) is 0 Å². The van der Waals surface area contributed by atoms with Crippen LogP contribution in [0.15, 0.2) is 54.6 Å². The highest BCUT2D eigenvalue weighted by molar-refractivity contribution is 9.09. The molecule has 0 aliphatic heterocycles. The van der Waals surface area contributed by atoms with Gasteiger partial charge in [0.2, 0.25) is 0 Å². The fraction of sp³-hybridized carbons (Fsp3) is 0.200. The second-order valence-corrected chi connectivity index (χ2v) is 6.33. The van der Waals surface area contributed by atoms with E-state index in [1.807, 2.05) is 30.3 Å². The quantitative estimate of drug-likeness (QED) is 0.535. The second kappa shape index (κ2) is 7.58. The zero-order chi connectivity index (χ0) is 16.9. The van der Waals surface area contributed by atoms with Crippen LogP contribution in [0.25, 0.3) is 5.57 Å². The van der Waals surface area contributed by atoms with Crippen molar-refractivity contribution in [3.05, 3.63) is 71.3 Å². The molecule has 3 rings (SSSR count). The molecular weight excluding hydrogens is 368 g/mol. The lowest BCUT2D eigenvalue weighted by Crippen LogP contribution is -2.17. The Morgan fingerprint density at radius 1 is 0.917 bits per heavy atom. The van der Waals surface area contributed by atoms with Gasteiger partial charge in [-0.3, -0.25) is 9.59 Å². The van der Waals surface area contributed by atoms with Gasteiger partial charge in [0.1, 0.15) is 5.75 Å².